The molecule has 1 aliphatic rings. The van der Waals surface area contributed by atoms with Crippen LogP contribution in [0.2, 0.25) is 0 Å². The molecule has 0 fully saturated rings. The van der Waals surface area contributed by atoms with Gasteiger partial charge in [0, 0.05) is 6.54 Å². The minimum absolute atomic E-state index is 0.117. The highest BCUT2D eigenvalue weighted by atomic mass is 32.2. The molecular weight excluding hydrogens is 512 g/mol. The van der Waals surface area contributed by atoms with Gasteiger partial charge in [0.25, 0.3) is 10.0 Å². The Morgan fingerprint density at radius 2 is 1.64 bits per heavy atom. The maximum absolute atomic E-state index is 13.4. The Balaban J connectivity index is 1.68. The number of aliphatic imine (C=N–C) groups is 1. The minimum atomic E-state index is -3.82. The molecular formula is C31H44N2O5S. The molecule has 7 nitrogen and oxygen atoms in total. The first kappa shape index (κ1) is 30.7. The summed E-state index contributed by atoms with van der Waals surface area (Å²) in [5.41, 5.74) is 3.16. The van der Waals surface area contributed by atoms with Gasteiger partial charge in [0.1, 0.15) is 22.9 Å². The number of hydrogen-bond acceptors (Lipinski definition) is 6. The quantitative estimate of drug-likeness (QED) is 0.227. The Labute approximate surface area is 234 Å². The molecule has 0 amide bonds. The van der Waals surface area contributed by atoms with Gasteiger partial charge in [0.05, 0.1) is 18.9 Å². The van der Waals surface area contributed by atoms with Crippen molar-refractivity contribution in [2.75, 3.05) is 19.8 Å². The number of esters is 1. The van der Waals surface area contributed by atoms with Crippen molar-refractivity contribution in [3.63, 3.8) is 0 Å². The fraction of sp³-hybridized carbons (Fsp3) is 0.548. The smallest absolute Gasteiger partial charge is 0.313 e. The normalized spacial score (nSPS) is 14.9. The Kier molecular flexibility index (Phi) is 9.86. The highest BCUT2D eigenvalue weighted by Gasteiger charge is 2.34. The third kappa shape index (κ3) is 8.82. The molecule has 39 heavy (non-hydrogen) atoms. The zero-order valence-corrected chi connectivity index (χ0v) is 25.4. The van der Waals surface area contributed by atoms with Crippen LogP contribution in [0.3, 0.4) is 0 Å². The van der Waals surface area contributed by atoms with Crippen molar-refractivity contribution >= 4 is 27.5 Å². The second kappa shape index (κ2) is 12.5. The van der Waals surface area contributed by atoms with Crippen LogP contribution in [0.1, 0.15) is 78.9 Å². The number of amidine groups is 1. The van der Waals surface area contributed by atoms with E-state index in [9.17, 15) is 13.2 Å². The minimum Gasteiger partial charge on any atom is -0.493 e. The van der Waals surface area contributed by atoms with Crippen molar-refractivity contribution in [2.45, 2.75) is 85.5 Å². The summed E-state index contributed by atoms with van der Waals surface area (Å²) in [6, 6.07) is 13.1. The van der Waals surface area contributed by atoms with Crippen molar-refractivity contribution in [3.05, 3.63) is 53.6 Å². The SMILES string of the molecule is CCOC(=O)CC1=Nc2ccccc2S(=O)(=O)N1CCCCOc1ccc(CC(C)(C)C)cc1CC(C)(C)C. The first-order valence-electron chi connectivity index (χ1n) is 13.8. The highest BCUT2D eigenvalue weighted by molar-refractivity contribution is 7.90. The molecule has 0 aromatic heterocycles. The van der Waals surface area contributed by atoms with Crippen LogP contribution < -0.4 is 4.74 Å². The predicted octanol–water partition coefficient (Wildman–Crippen LogP) is 6.71. The summed E-state index contributed by atoms with van der Waals surface area (Å²) in [5, 5.41) is 0. The number of benzene rings is 2. The van der Waals surface area contributed by atoms with Gasteiger partial charge in [0.15, 0.2) is 0 Å². The van der Waals surface area contributed by atoms with E-state index < -0.39 is 16.0 Å². The average Bonchev–Trinajstić information content (AvgIpc) is 2.80. The number of unbranched alkanes of at least 4 members (excludes halogenated alkanes) is 1. The molecule has 2 aromatic carbocycles. The standard InChI is InChI=1S/C31H44N2O5S/c1-8-37-29(34)20-28-32-25-13-9-10-14-27(25)39(35,36)33(28)17-11-12-18-38-26-16-15-23(21-30(2,3)4)19-24(26)22-31(5,6)7/h9-10,13-16,19H,8,11-12,17-18,20-22H2,1-7H3. The monoisotopic (exact) mass is 556 g/mol. The van der Waals surface area contributed by atoms with E-state index in [0.29, 0.717) is 25.1 Å². The number of para-hydroxylation sites is 1. The molecule has 0 bridgehead atoms. The summed E-state index contributed by atoms with van der Waals surface area (Å²) in [6.45, 7) is 16.0. The average molecular weight is 557 g/mol. The molecule has 2 aromatic rings. The second-order valence-corrected chi connectivity index (χ2v) is 14.4. The van der Waals surface area contributed by atoms with Crippen LogP contribution in [0.5, 0.6) is 5.75 Å². The molecule has 3 rings (SSSR count). The lowest BCUT2D eigenvalue weighted by Gasteiger charge is -2.29. The predicted molar refractivity (Wildman–Crippen MR) is 156 cm³/mol. The fourth-order valence-electron chi connectivity index (χ4n) is 4.68. The lowest BCUT2D eigenvalue weighted by molar-refractivity contribution is -0.141. The second-order valence-electron chi connectivity index (χ2n) is 12.5. The molecule has 0 saturated heterocycles. The molecule has 8 heteroatoms. The zero-order valence-electron chi connectivity index (χ0n) is 24.5. The molecule has 0 spiro atoms. The Bertz CT molecular complexity index is 1290. The molecule has 0 atom stereocenters. The molecule has 1 heterocycles. The molecule has 0 saturated carbocycles. The summed E-state index contributed by atoms with van der Waals surface area (Å²) >= 11 is 0. The number of nitrogens with zero attached hydrogens (tertiary/aromatic N) is 2. The first-order chi connectivity index (χ1) is 18.2. The van der Waals surface area contributed by atoms with E-state index in [-0.39, 0.29) is 41.1 Å². The number of sulfonamides is 1. The number of ether oxygens (including phenoxy) is 2. The largest absolute Gasteiger partial charge is 0.493 e. The lowest BCUT2D eigenvalue weighted by atomic mass is 9.84. The fourth-order valence-corrected chi connectivity index (χ4v) is 6.30. The third-order valence-electron chi connectivity index (χ3n) is 6.17. The van der Waals surface area contributed by atoms with Crippen LogP contribution in [0, 0.1) is 10.8 Å². The Hall–Kier alpha value is -2.87. The molecule has 0 aliphatic carbocycles. The van der Waals surface area contributed by atoms with E-state index in [1.807, 2.05) is 0 Å². The summed E-state index contributed by atoms with van der Waals surface area (Å²) in [4.78, 5) is 16.9. The van der Waals surface area contributed by atoms with E-state index in [0.717, 1.165) is 18.6 Å². The van der Waals surface area contributed by atoms with E-state index in [1.165, 1.54) is 15.4 Å². The Morgan fingerprint density at radius 1 is 0.949 bits per heavy atom. The van der Waals surface area contributed by atoms with Crippen LogP contribution in [0.15, 0.2) is 52.4 Å². The first-order valence-corrected chi connectivity index (χ1v) is 15.2. The van der Waals surface area contributed by atoms with Gasteiger partial charge in [-0.1, -0.05) is 65.8 Å². The van der Waals surface area contributed by atoms with Crippen molar-refractivity contribution in [1.82, 2.24) is 4.31 Å². The van der Waals surface area contributed by atoms with Crippen molar-refractivity contribution < 1.29 is 22.7 Å². The van der Waals surface area contributed by atoms with Gasteiger partial charge in [-0.3, -0.25) is 9.10 Å². The topological polar surface area (TPSA) is 85.3 Å². The van der Waals surface area contributed by atoms with Gasteiger partial charge in [-0.15, -0.1) is 0 Å². The van der Waals surface area contributed by atoms with E-state index in [4.69, 9.17) is 9.47 Å². The third-order valence-corrected chi connectivity index (χ3v) is 8.05. The van der Waals surface area contributed by atoms with Gasteiger partial charge in [-0.2, -0.15) is 0 Å². The maximum Gasteiger partial charge on any atom is 0.313 e. The van der Waals surface area contributed by atoms with Gasteiger partial charge in [0.2, 0.25) is 0 Å². The van der Waals surface area contributed by atoms with Crippen LogP contribution in [0.25, 0.3) is 0 Å². The highest BCUT2D eigenvalue weighted by Crippen LogP contribution is 2.34. The summed E-state index contributed by atoms with van der Waals surface area (Å²) in [7, 11) is -3.82. The van der Waals surface area contributed by atoms with E-state index in [2.05, 4.69) is 64.7 Å². The molecule has 0 unspecified atom stereocenters. The van der Waals surface area contributed by atoms with Crippen LogP contribution in [-0.4, -0.2) is 44.3 Å². The van der Waals surface area contributed by atoms with E-state index in [1.54, 1.807) is 31.2 Å². The van der Waals surface area contributed by atoms with Gasteiger partial charge in [-0.05, 0) is 72.8 Å². The van der Waals surface area contributed by atoms with Crippen molar-refractivity contribution in [1.29, 1.82) is 0 Å². The lowest BCUT2D eigenvalue weighted by Crippen LogP contribution is -2.41. The van der Waals surface area contributed by atoms with Crippen LogP contribution >= 0.6 is 0 Å². The number of carbonyl (C=O) groups excluding carboxylic acids is 1. The number of fused-ring (bicyclic) bond motifs is 1. The van der Waals surface area contributed by atoms with Gasteiger partial charge in [-0.25, -0.2) is 13.4 Å². The van der Waals surface area contributed by atoms with Gasteiger partial charge < -0.3 is 9.47 Å². The summed E-state index contributed by atoms with van der Waals surface area (Å²) < 4.78 is 39.3. The maximum atomic E-state index is 13.4. The summed E-state index contributed by atoms with van der Waals surface area (Å²) in [5.74, 6) is 0.571. The zero-order chi connectivity index (χ0) is 28.8. The van der Waals surface area contributed by atoms with Crippen LogP contribution in [0.4, 0.5) is 5.69 Å². The number of rotatable bonds is 11. The van der Waals surface area contributed by atoms with Gasteiger partial charge >= 0.3 is 5.97 Å². The Morgan fingerprint density at radius 3 is 2.31 bits per heavy atom. The molecule has 0 radical (unpaired) electrons. The molecule has 0 N–H and O–H groups in total. The van der Waals surface area contributed by atoms with Crippen molar-refractivity contribution in [3.8, 4) is 5.75 Å². The van der Waals surface area contributed by atoms with E-state index >= 15 is 0 Å². The van der Waals surface area contributed by atoms with Crippen molar-refractivity contribution in [2.24, 2.45) is 15.8 Å². The molecule has 1 aliphatic heterocycles. The number of carbonyl (C=O) groups is 1. The summed E-state index contributed by atoms with van der Waals surface area (Å²) in [6.07, 6.45) is 2.90. The number of hydrogen-bond donors (Lipinski definition) is 0. The molecule has 214 valence electrons. The van der Waals surface area contributed by atoms with Crippen LogP contribution in [-0.2, 0) is 32.4 Å².